The van der Waals surface area contributed by atoms with Crippen LogP contribution in [0.3, 0.4) is 0 Å². The Kier molecular flexibility index (Phi) is 16.0. The van der Waals surface area contributed by atoms with Crippen LogP contribution in [0.25, 0.3) is 0 Å². The van der Waals surface area contributed by atoms with Crippen LogP contribution in [-0.4, -0.2) is 5.78 Å². The van der Waals surface area contributed by atoms with Crippen LogP contribution in [0.4, 0.5) is 0 Å². The molecule has 0 atom stereocenters. The Morgan fingerprint density at radius 2 is 1.20 bits per heavy atom. The molecule has 0 heterocycles. The third-order valence-corrected chi connectivity index (χ3v) is 3.68. The minimum Gasteiger partial charge on any atom is -0.299 e. The number of hydrogen-bond acceptors (Lipinski definition) is 1. The Morgan fingerprint density at radius 3 is 1.70 bits per heavy atom. The minimum absolute atomic E-state index is 0.164. The van der Waals surface area contributed by atoms with E-state index in [1.807, 2.05) is 0 Å². The molecule has 0 rings (SSSR count). The molecule has 0 aliphatic heterocycles. The molecule has 1 nitrogen and oxygen atoms in total. The Balaban J connectivity index is 3.07. The lowest BCUT2D eigenvalue weighted by molar-refractivity contribution is -0.114. The summed E-state index contributed by atoms with van der Waals surface area (Å²) in [5, 5.41) is 0. The molecule has 0 bridgehead atoms. The van der Waals surface area contributed by atoms with Crippen molar-refractivity contribution in [3.63, 3.8) is 0 Å². The van der Waals surface area contributed by atoms with Gasteiger partial charge in [-0.1, -0.05) is 70.4 Å². The van der Waals surface area contributed by atoms with Gasteiger partial charge in [-0.25, -0.2) is 0 Å². The smallest absolute Gasteiger partial charge is 0.137 e. The molecule has 0 aromatic rings. The molecular formula is C19H34O. The highest BCUT2D eigenvalue weighted by molar-refractivity contribution is 5.82. The van der Waals surface area contributed by atoms with Crippen molar-refractivity contribution in [3.8, 4) is 0 Å². The first kappa shape index (κ1) is 19.4. The molecule has 0 saturated heterocycles. The summed E-state index contributed by atoms with van der Waals surface area (Å²) < 4.78 is 0. The van der Waals surface area contributed by atoms with Crippen LogP contribution in [0, 0.1) is 6.92 Å². The fourth-order valence-corrected chi connectivity index (χ4v) is 2.37. The second kappa shape index (κ2) is 16.5. The van der Waals surface area contributed by atoms with E-state index in [2.05, 4.69) is 19.1 Å². The number of Topliss-reactive ketones (excluding diaryl/α,β-unsaturated/α-hetero) is 1. The van der Waals surface area contributed by atoms with Gasteiger partial charge in [-0.3, -0.25) is 4.79 Å². The highest BCUT2D eigenvalue weighted by Gasteiger charge is 1.94. The molecule has 116 valence electrons. The molecule has 0 aromatic carbocycles. The highest BCUT2D eigenvalue weighted by atomic mass is 16.1. The molecule has 0 aliphatic carbocycles. The largest absolute Gasteiger partial charge is 0.299 e. The van der Waals surface area contributed by atoms with Crippen molar-refractivity contribution >= 4 is 5.78 Å². The van der Waals surface area contributed by atoms with Crippen molar-refractivity contribution in [2.24, 2.45) is 0 Å². The van der Waals surface area contributed by atoms with Crippen molar-refractivity contribution in [2.75, 3.05) is 0 Å². The van der Waals surface area contributed by atoms with Crippen molar-refractivity contribution in [3.05, 3.63) is 19.1 Å². The topological polar surface area (TPSA) is 17.1 Å². The van der Waals surface area contributed by atoms with Gasteiger partial charge in [0.25, 0.3) is 0 Å². The Hall–Kier alpha value is -0.590. The normalized spacial score (nSPS) is 11.3. The maximum absolute atomic E-state index is 10.5. The first-order valence-electron chi connectivity index (χ1n) is 8.70. The molecule has 0 amide bonds. The van der Waals surface area contributed by atoms with E-state index in [-0.39, 0.29) is 5.78 Å². The summed E-state index contributed by atoms with van der Waals surface area (Å²) in [4.78, 5) is 10.5. The van der Waals surface area contributed by atoms with Gasteiger partial charge >= 0.3 is 0 Å². The third-order valence-electron chi connectivity index (χ3n) is 3.68. The van der Waals surface area contributed by atoms with Crippen molar-refractivity contribution in [1.82, 2.24) is 0 Å². The molecule has 0 aliphatic rings. The van der Waals surface area contributed by atoms with Gasteiger partial charge in [0.1, 0.15) is 5.78 Å². The number of carbonyl (C=O) groups is 1. The monoisotopic (exact) mass is 278 g/mol. The summed E-state index contributed by atoms with van der Waals surface area (Å²) >= 11 is 0. The number of carbonyl (C=O) groups excluding carboxylic acids is 1. The summed E-state index contributed by atoms with van der Waals surface area (Å²) in [7, 11) is 0. The van der Waals surface area contributed by atoms with E-state index < -0.39 is 0 Å². The summed E-state index contributed by atoms with van der Waals surface area (Å²) in [6.45, 7) is 7.36. The van der Waals surface area contributed by atoms with Gasteiger partial charge in [-0.05, 0) is 32.1 Å². The zero-order valence-electron chi connectivity index (χ0n) is 13.5. The Bertz CT molecular complexity index is 230. The maximum atomic E-state index is 10.5. The third kappa shape index (κ3) is 17.4. The average molecular weight is 278 g/mol. The van der Waals surface area contributed by atoms with Crippen molar-refractivity contribution < 1.29 is 4.79 Å². The van der Waals surface area contributed by atoms with Crippen LogP contribution in [0.15, 0.2) is 12.2 Å². The summed E-state index contributed by atoms with van der Waals surface area (Å²) in [6.07, 6.45) is 21.9. The van der Waals surface area contributed by atoms with Crippen LogP contribution in [0.5, 0.6) is 0 Å². The van der Waals surface area contributed by atoms with E-state index in [1.54, 1.807) is 0 Å². The molecule has 1 heteroatoms. The first-order valence-corrected chi connectivity index (χ1v) is 8.70. The lowest BCUT2D eigenvalue weighted by Crippen LogP contribution is -1.89. The maximum Gasteiger partial charge on any atom is 0.137 e. The van der Waals surface area contributed by atoms with Gasteiger partial charge in [0.05, 0.1) is 0 Å². The molecule has 2 radical (unpaired) electrons. The predicted molar refractivity (Wildman–Crippen MR) is 88.8 cm³/mol. The summed E-state index contributed by atoms with van der Waals surface area (Å²) in [6, 6.07) is 0. The average Bonchev–Trinajstić information content (AvgIpc) is 2.43. The number of ketones is 1. The van der Waals surface area contributed by atoms with Gasteiger partial charge in [-0.15, -0.1) is 0 Å². The SMILES string of the molecule is [CH]C(=O)CCCCCCC/C=C\CCCCCCCC. The van der Waals surface area contributed by atoms with E-state index >= 15 is 0 Å². The molecular weight excluding hydrogens is 244 g/mol. The molecule has 0 N–H and O–H groups in total. The van der Waals surface area contributed by atoms with E-state index in [1.165, 1.54) is 70.6 Å². The van der Waals surface area contributed by atoms with Crippen LogP contribution in [0.1, 0.15) is 96.8 Å². The number of rotatable bonds is 15. The van der Waals surface area contributed by atoms with Gasteiger partial charge in [0.2, 0.25) is 0 Å². The highest BCUT2D eigenvalue weighted by Crippen LogP contribution is 2.09. The minimum atomic E-state index is -0.164. The van der Waals surface area contributed by atoms with E-state index in [0.29, 0.717) is 6.42 Å². The second-order valence-corrected chi connectivity index (χ2v) is 5.80. The second-order valence-electron chi connectivity index (χ2n) is 5.80. The van der Waals surface area contributed by atoms with E-state index in [0.717, 1.165) is 12.8 Å². The molecule has 20 heavy (non-hydrogen) atoms. The molecule has 0 fully saturated rings. The lowest BCUT2D eigenvalue weighted by atomic mass is 10.1. The van der Waals surface area contributed by atoms with Gasteiger partial charge < -0.3 is 0 Å². The van der Waals surface area contributed by atoms with Gasteiger partial charge in [0.15, 0.2) is 0 Å². The van der Waals surface area contributed by atoms with Crippen molar-refractivity contribution in [2.45, 2.75) is 96.8 Å². The first-order chi connectivity index (χ1) is 9.77. The zero-order chi connectivity index (χ0) is 14.9. The summed E-state index contributed by atoms with van der Waals surface area (Å²) in [5.74, 6) is -0.164. The van der Waals surface area contributed by atoms with E-state index in [4.69, 9.17) is 6.92 Å². The van der Waals surface area contributed by atoms with Crippen LogP contribution < -0.4 is 0 Å². The summed E-state index contributed by atoms with van der Waals surface area (Å²) in [5.41, 5.74) is 0. The standard InChI is InChI=1S/C19H34O/c1-3-4-5-6-7-8-9-10-11-12-13-14-15-16-17-18-19(2)20/h2,10-11H,3-9,12-18H2,1H3/b11-10-. The fraction of sp³-hybridized carbons (Fsp3) is 0.789. The van der Waals surface area contributed by atoms with Crippen LogP contribution in [-0.2, 0) is 4.79 Å². The fourth-order valence-electron chi connectivity index (χ4n) is 2.37. The van der Waals surface area contributed by atoms with Crippen molar-refractivity contribution in [1.29, 1.82) is 0 Å². The quantitative estimate of drug-likeness (QED) is 0.253. The zero-order valence-corrected chi connectivity index (χ0v) is 13.5. The molecule has 0 unspecified atom stereocenters. The number of allylic oxidation sites excluding steroid dienone is 2. The predicted octanol–water partition coefficient (Wildman–Crippen LogP) is 6.30. The lowest BCUT2D eigenvalue weighted by Gasteiger charge is -1.99. The van der Waals surface area contributed by atoms with Crippen LogP contribution in [0.2, 0.25) is 0 Å². The van der Waals surface area contributed by atoms with Gasteiger partial charge in [-0.2, -0.15) is 0 Å². The Labute approximate surface area is 127 Å². The van der Waals surface area contributed by atoms with Gasteiger partial charge in [0, 0.05) is 13.3 Å². The molecule has 0 spiro atoms. The molecule has 0 aromatic heterocycles. The number of unbranched alkanes of at least 4 members (excludes halogenated alkanes) is 11. The Morgan fingerprint density at radius 1 is 0.750 bits per heavy atom. The molecule has 0 saturated carbocycles. The van der Waals surface area contributed by atoms with Crippen LogP contribution >= 0.6 is 0 Å². The van der Waals surface area contributed by atoms with E-state index in [9.17, 15) is 4.79 Å². The number of hydrogen-bond donors (Lipinski definition) is 0.